The van der Waals surface area contributed by atoms with E-state index >= 15 is 0 Å². The van der Waals surface area contributed by atoms with Gasteiger partial charge in [0, 0.05) is 42.9 Å². The van der Waals surface area contributed by atoms with Gasteiger partial charge in [-0.3, -0.25) is 9.59 Å². The summed E-state index contributed by atoms with van der Waals surface area (Å²) < 4.78 is 0. The van der Waals surface area contributed by atoms with Gasteiger partial charge in [-0.05, 0) is 48.9 Å². The average molecular weight is 413 g/mol. The lowest BCUT2D eigenvalue weighted by Crippen LogP contribution is -2.40. The number of halogens is 1. The van der Waals surface area contributed by atoms with Crippen LogP contribution in [-0.2, 0) is 16.0 Å². The molecule has 0 spiro atoms. The van der Waals surface area contributed by atoms with Crippen molar-refractivity contribution < 1.29 is 9.59 Å². The Hall–Kier alpha value is -2.60. The zero-order valence-electron chi connectivity index (χ0n) is 16.4. The van der Waals surface area contributed by atoms with Gasteiger partial charge in [0.05, 0.1) is 5.02 Å². The van der Waals surface area contributed by atoms with Crippen LogP contribution in [-0.4, -0.2) is 29.4 Å². The zero-order chi connectivity index (χ0) is 20.4. The van der Waals surface area contributed by atoms with Crippen LogP contribution in [0.2, 0.25) is 5.02 Å². The summed E-state index contributed by atoms with van der Waals surface area (Å²) in [5, 5.41) is 9.83. The molecule has 0 radical (unpaired) electrons. The van der Waals surface area contributed by atoms with E-state index in [1.165, 1.54) is 12.5 Å². The second-order valence-corrected chi connectivity index (χ2v) is 8.22. The molecule has 1 aliphatic heterocycles. The minimum atomic E-state index is -0.133. The number of anilines is 2. The molecule has 2 aliphatic rings. The first-order valence-corrected chi connectivity index (χ1v) is 10.5. The number of nitrogens with one attached hydrogen (secondary N) is 3. The molecule has 1 aromatic heterocycles. The lowest BCUT2D eigenvalue weighted by molar-refractivity contribution is -0.123. The summed E-state index contributed by atoms with van der Waals surface area (Å²) >= 11 is 6.45. The van der Waals surface area contributed by atoms with E-state index in [2.05, 4.69) is 33.1 Å². The van der Waals surface area contributed by atoms with Crippen molar-refractivity contribution in [3.8, 4) is 11.1 Å². The first-order chi connectivity index (χ1) is 14.0. The van der Waals surface area contributed by atoms with Gasteiger partial charge in [-0.2, -0.15) is 0 Å². The summed E-state index contributed by atoms with van der Waals surface area (Å²) in [7, 11) is 0. The minimum absolute atomic E-state index is 0.0510. The number of amides is 2. The number of fused-ring (bicyclic) bond motifs is 1. The monoisotopic (exact) mass is 412 g/mol. The Bertz CT molecular complexity index is 946. The second-order valence-electron chi connectivity index (χ2n) is 7.81. The van der Waals surface area contributed by atoms with Crippen molar-refractivity contribution in [1.29, 1.82) is 0 Å². The molecular weight excluding hydrogens is 388 g/mol. The van der Waals surface area contributed by atoms with Crippen LogP contribution in [0.15, 0.2) is 30.5 Å². The fourth-order valence-corrected chi connectivity index (χ4v) is 4.59. The number of benzene rings is 1. The van der Waals surface area contributed by atoms with Crippen LogP contribution in [0.3, 0.4) is 0 Å². The normalized spacial score (nSPS) is 20.5. The van der Waals surface area contributed by atoms with Crippen LogP contribution in [0.5, 0.6) is 0 Å². The van der Waals surface area contributed by atoms with E-state index in [-0.39, 0.29) is 23.8 Å². The SMILES string of the molecule is CC(=O)N[C@@H]1CCC[C@H](C(=O)Nc2cc(-c3cccc4c3CCN4)c(Cl)cn2)C1. The summed E-state index contributed by atoms with van der Waals surface area (Å²) in [6.45, 7) is 2.43. The van der Waals surface area contributed by atoms with E-state index in [1.807, 2.05) is 12.1 Å². The number of nitrogens with zero attached hydrogens (tertiary/aromatic N) is 1. The number of hydrogen-bond acceptors (Lipinski definition) is 4. The van der Waals surface area contributed by atoms with Gasteiger partial charge in [-0.1, -0.05) is 30.2 Å². The molecule has 6 nitrogen and oxygen atoms in total. The third-order valence-electron chi connectivity index (χ3n) is 5.72. The van der Waals surface area contributed by atoms with Gasteiger partial charge >= 0.3 is 0 Å². The van der Waals surface area contributed by atoms with Gasteiger partial charge in [0.2, 0.25) is 11.8 Å². The lowest BCUT2D eigenvalue weighted by Gasteiger charge is -2.28. The van der Waals surface area contributed by atoms with Crippen molar-refractivity contribution in [2.75, 3.05) is 17.2 Å². The molecule has 2 aromatic rings. The van der Waals surface area contributed by atoms with Crippen molar-refractivity contribution in [3.05, 3.63) is 41.0 Å². The summed E-state index contributed by atoms with van der Waals surface area (Å²) in [5.41, 5.74) is 4.31. The summed E-state index contributed by atoms with van der Waals surface area (Å²) in [5.74, 6) is 0.261. The molecule has 4 rings (SSSR count). The van der Waals surface area contributed by atoms with Gasteiger partial charge in [-0.15, -0.1) is 0 Å². The highest BCUT2D eigenvalue weighted by molar-refractivity contribution is 6.33. The van der Waals surface area contributed by atoms with Crippen molar-refractivity contribution in [2.24, 2.45) is 5.92 Å². The van der Waals surface area contributed by atoms with Crippen molar-refractivity contribution in [2.45, 2.75) is 45.1 Å². The molecule has 3 N–H and O–H groups in total. The second kappa shape index (κ2) is 8.41. The maximum absolute atomic E-state index is 12.8. The minimum Gasteiger partial charge on any atom is -0.384 e. The largest absolute Gasteiger partial charge is 0.384 e. The van der Waals surface area contributed by atoms with Gasteiger partial charge < -0.3 is 16.0 Å². The first-order valence-electron chi connectivity index (χ1n) is 10.1. The van der Waals surface area contributed by atoms with Gasteiger partial charge in [0.25, 0.3) is 0 Å². The Labute approximate surface area is 175 Å². The van der Waals surface area contributed by atoms with E-state index in [0.717, 1.165) is 49.0 Å². The van der Waals surface area contributed by atoms with Crippen LogP contribution >= 0.6 is 11.6 Å². The number of aromatic nitrogens is 1. The molecule has 2 amide bonds. The van der Waals surface area contributed by atoms with E-state index in [0.29, 0.717) is 17.3 Å². The van der Waals surface area contributed by atoms with Crippen LogP contribution in [0, 0.1) is 5.92 Å². The van der Waals surface area contributed by atoms with Crippen molar-refractivity contribution in [1.82, 2.24) is 10.3 Å². The number of carbonyl (C=O) groups excluding carboxylic acids is 2. The predicted octanol–water partition coefficient (Wildman–Crippen LogP) is 4.00. The van der Waals surface area contributed by atoms with Gasteiger partial charge in [-0.25, -0.2) is 4.98 Å². The fraction of sp³-hybridized carbons (Fsp3) is 0.409. The number of carbonyl (C=O) groups is 2. The fourth-order valence-electron chi connectivity index (χ4n) is 4.38. The molecule has 2 atom stereocenters. The lowest BCUT2D eigenvalue weighted by atomic mass is 9.85. The molecule has 0 unspecified atom stereocenters. The number of pyridine rings is 1. The first kappa shape index (κ1) is 19.7. The molecule has 0 saturated heterocycles. The Morgan fingerprint density at radius 3 is 2.93 bits per heavy atom. The van der Waals surface area contributed by atoms with Crippen molar-refractivity contribution >= 4 is 34.9 Å². The molecule has 29 heavy (non-hydrogen) atoms. The Balaban J connectivity index is 1.52. The molecule has 1 aliphatic carbocycles. The smallest absolute Gasteiger partial charge is 0.228 e. The van der Waals surface area contributed by atoms with Crippen molar-refractivity contribution in [3.63, 3.8) is 0 Å². The molecule has 7 heteroatoms. The molecule has 152 valence electrons. The molecule has 1 aromatic carbocycles. The highest BCUT2D eigenvalue weighted by Gasteiger charge is 2.28. The van der Waals surface area contributed by atoms with Crippen LogP contribution in [0.1, 0.15) is 38.2 Å². The van der Waals surface area contributed by atoms with E-state index < -0.39 is 0 Å². The number of rotatable bonds is 4. The Kier molecular flexibility index (Phi) is 5.72. The molecule has 2 heterocycles. The van der Waals surface area contributed by atoms with Crippen LogP contribution in [0.25, 0.3) is 11.1 Å². The van der Waals surface area contributed by atoms with E-state index in [1.54, 1.807) is 6.20 Å². The Morgan fingerprint density at radius 2 is 2.10 bits per heavy atom. The molecule has 1 fully saturated rings. The summed E-state index contributed by atoms with van der Waals surface area (Å²) in [6.07, 6.45) is 5.85. The molecule has 1 saturated carbocycles. The highest BCUT2D eigenvalue weighted by atomic mass is 35.5. The Morgan fingerprint density at radius 1 is 1.24 bits per heavy atom. The predicted molar refractivity (Wildman–Crippen MR) is 115 cm³/mol. The molecular formula is C22H25ClN4O2. The molecule has 0 bridgehead atoms. The highest BCUT2D eigenvalue weighted by Crippen LogP contribution is 2.37. The maximum atomic E-state index is 12.8. The van der Waals surface area contributed by atoms with E-state index in [4.69, 9.17) is 11.6 Å². The quantitative estimate of drug-likeness (QED) is 0.708. The topological polar surface area (TPSA) is 83.1 Å². The number of hydrogen-bond donors (Lipinski definition) is 3. The maximum Gasteiger partial charge on any atom is 0.228 e. The average Bonchev–Trinajstić information content (AvgIpc) is 3.18. The third-order valence-corrected chi connectivity index (χ3v) is 6.02. The van der Waals surface area contributed by atoms with E-state index in [9.17, 15) is 9.59 Å². The van der Waals surface area contributed by atoms with Gasteiger partial charge in [0.1, 0.15) is 5.82 Å². The third kappa shape index (κ3) is 4.37. The van der Waals surface area contributed by atoms with Crippen LogP contribution < -0.4 is 16.0 Å². The summed E-state index contributed by atoms with van der Waals surface area (Å²) in [4.78, 5) is 28.4. The van der Waals surface area contributed by atoms with Crippen LogP contribution in [0.4, 0.5) is 11.5 Å². The van der Waals surface area contributed by atoms with Gasteiger partial charge in [0.15, 0.2) is 0 Å². The zero-order valence-corrected chi connectivity index (χ0v) is 17.2. The standard InChI is InChI=1S/C22H25ClN4O2/c1-13(28)26-15-5-2-4-14(10-15)22(29)27-21-11-18(19(23)12-25-21)16-6-3-7-20-17(16)8-9-24-20/h3,6-7,11-12,14-15,24H,2,4-5,8-10H2,1H3,(H,26,28)(H,25,27,29)/t14-,15+/m0/s1. The summed E-state index contributed by atoms with van der Waals surface area (Å²) in [6, 6.07) is 8.04.